The fourth-order valence-corrected chi connectivity index (χ4v) is 4.26. The number of aliphatic imine (C=N–C) groups is 1. The van der Waals surface area contributed by atoms with Crippen LogP contribution in [-0.2, 0) is 4.79 Å². The zero-order chi connectivity index (χ0) is 20.1. The van der Waals surface area contributed by atoms with Crippen molar-refractivity contribution in [2.24, 2.45) is 4.99 Å². The molecule has 1 aromatic carbocycles. The van der Waals surface area contributed by atoms with Gasteiger partial charge < -0.3 is 19.9 Å². The van der Waals surface area contributed by atoms with Crippen molar-refractivity contribution in [1.29, 1.82) is 0 Å². The van der Waals surface area contributed by atoms with Gasteiger partial charge in [-0.3, -0.25) is 14.7 Å². The monoisotopic (exact) mass is 397 g/mol. The normalized spacial score (nSPS) is 22.2. The molecular weight excluding hydrogens is 366 g/mol. The number of rotatable bonds is 6. The van der Waals surface area contributed by atoms with Gasteiger partial charge in [0.1, 0.15) is 5.75 Å². The van der Waals surface area contributed by atoms with Crippen molar-refractivity contribution in [2.75, 3.05) is 57.3 Å². The van der Waals surface area contributed by atoms with Crippen molar-refractivity contribution < 1.29 is 9.53 Å². The molecule has 156 valence electrons. The lowest BCUT2D eigenvalue weighted by Gasteiger charge is -2.29. The molecule has 0 spiro atoms. The van der Waals surface area contributed by atoms with Gasteiger partial charge in [-0.1, -0.05) is 24.3 Å². The van der Waals surface area contributed by atoms with Gasteiger partial charge in [0.25, 0.3) is 5.91 Å². The second-order valence-electron chi connectivity index (χ2n) is 7.70. The number of anilines is 1. The average Bonchev–Trinajstić information content (AvgIpc) is 3.43. The predicted octanol–water partition coefficient (Wildman–Crippen LogP) is 1.71. The van der Waals surface area contributed by atoms with Crippen LogP contribution >= 0.6 is 0 Å². The minimum atomic E-state index is 0.0150. The van der Waals surface area contributed by atoms with Gasteiger partial charge in [0.15, 0.2) is 12.6 Å². The van der Waals surface area contributed by atoms with E-state index in [4.69, 9.17) is 9.73 Å². The maximum absolute atomic E-state index is 12.3. The second kappa shape index (κ2) is 9.31. The summed E-state index contributed by atoms with van der Waals surface area (Å²) in [5.41, 5.74) is 0.862. The smallest absolute Gasteiger partial charge is 0.265 e. The largest absolute Gasteiger partial charge is 0.482 e. The molecule has 1 atom stereocenters. The SMILES string of the molecule is CCNC(=NCCCN1C(=O)COc2ccccc21)N1CCC(N2CC=CC2)C1. The lowest BCUT2D eigenvalue weighted by molar-refractivity contribution is -0.121. The number of hydrogen-bond donors (Lipinski definition) is 1. The lowest BCUT2D eigenvalue weighted by Crippen LogP contribution is -2.43. The van der Waals surface area contributed by atoms with Crippen LogP contribution in [0.5, 0.6) is 5.75 Å². The van der Waals surface area contributed by atoms with Crippen molar-refractivity contribution in [3.05, 3.63) is 36.4 Å². The van der Waals surface area contributed by atoms with Gasteiger partial charge in [-0.15, -0.1) is 0 Å². The van der Waals surface area contributed by atoms with E-state index in [2.05, 4.69) is 34.2 Å². The Kier molecular flexibility index (Phi) is 6.34. The highest BCUT2D eigenvalue weighted by Crippen LogP contribution is 2.31. The Labute approximate surface area is 173 Å². The highest BCUT2D eigenvalue weighted by molar-refractivity contribution is 5.97. The van der Waals surface area contributed by atoms with Gasteiger partial charge in [-0.25, -0.2) is 0 Å². The first-order valence-electron chi connectivity index (χ1n) is 10.7. The molecule has 3 aliphatic rings. The Morgan fingerprint density at radius 2 is 2.10 bits per heavy atom. The number of nitrogens with zero attached hydrogens (tertiary/aromatic N) is 4. The molecule has 3 heterocycles. The molecule has 3 aliphatic heterocycles. The Morgan fingerprint density at radius 1 is 1.28 bits per heavy atom. The zero-order valence-electron chi connectivity index (χ0n) is 17.2. The maximum Gasteiger partial charge on any atom is 0.265 e. The summed E-state index contributed by atoms with van der Waals surface area (Å²) in [6.45, 7) is 8.65. The topological polar surface area (TPSA) is 60.4 Å². The summed E-state index contributed by atoms with van der Waals surface area (Å²) in [7, 11) is 0. The number of likely N-dealkylation sites (tertiary alicyclic amines) is 1. The summed E-state index contributed by atoms with van der Waals surface area (Å²) >= 11 is 0. The van der Waals surface area contributed by atoms with E-state index in [1.54, 1.807) is 0 Å². The number of benzene rings is 1. The van der Waals surface area contributed by atoms with Gasteiger partial charge in [0.05, 0.1) is 5.69 Å². The number of carbonyl (C=O) groups excluding carboxylic acids is 1. The van der Waals surface area contributed by atoms with Crippen molar-refractivity contribution in [3.63, 3.8) is 0 Å². The Bertz CT molecular complexity index is 770. The molecule has 1 unspecified atom stereocenters. The molecule has 1 fully saturated rings. The van der Waals surface area contributed by atoms with Crippen LogP contribution in [0.3, 0.4) is 0 Å². The van der Waals surface area contributed by atoms with Crippen LogP contribution in [0.1, 0.15) is 19.8 Å². The van der Waals surface area contributed by atoms with E-state index in [0.29, 0.717) is 19.1 Å². The van der Waals surface area contributed by atoms with Crippen molar-refractivity contribution in [2.45, 2.75) is 25.8 Å². The van der Waals surface area contributed by atoms with Crippen molar-refractivity contribution >= 4 is 17.6 Å². The third-order valence-corrected chi connectivity index (χ3v) is 5.77. The van der Waals surface area contributed by atoms with E-state index in [9.17, 15) is 4.79 Å². The molecule has 1 N–H and O–H groups in total. The van der Waals surface area contributed by atoms with Gasteiger partial charge in [-0.2, -0.15) is 0 Å². The summed E-state index contributed by atoms with van der Waals surface area (Å²) in [5, 5.41) is 3.44. The van der Waals surface area contributed by atoms with Gasteiger partial charge in [0, 0.05) is 51.9 Å². The number of hydrogen-bond acceptors (Lipinski definition) is 4. The van der Waals surface area contributed by atoms with Crippen molar-refractivity contribution in [1.82, 2.24) is 15.1 Å². The molecule has 7 nitrogen and oxygen atoms in total. The highest BCUT2D eigenvalue weighted by atomic mass is 16.5. The molecule has 0 radical (unpaired) electrons. The number of amides is 1. The molecule has 1 aromatic rings. The Morgan fingerprint density at radius 3 is 2.93 bits per heavy atom. The van der Waals surface area contributed by atoms with Crippen LogP contribution in [0.25, 0.3) is 0 Å². The van der Waals surface area contributed by atoms with Crippen molar-refractivity contribution in [3.8, 4) is 5.75 Å². The molecule has 0 aliphatic carbocycles. The minimum Gasteiger partial charge on any atom is -0.482 e. The third kappa shape index (κ3) is 4.56. The average molecular weight is 398 g/mol. The first-order valence-corrected chi connectivity index (χ1v) is 10.7. The van der Waals surface area contributed by atoms with Crippen LogP contribution < -0.4 is 15.0 Å². The number of guanidine groups is 1. The molecular formula is C22H31N5O2. The number of fused-ring (bicyclic) bond motifs is 1. The fourth-order valence-electron chi connectivity index (χ4n) is 4.26. The van der Waals surface area contributed by atoms with Crippen LogP contribution in [0.15, 0.2) is 41.4 Å². The highest BCUT2D eigenvalue weighted by Gasteiger charge is 2.29. The third-order valence-electron chi connectivity index (χ3n) is 5.77. The molecule has 1 saturated heterocycles. The number of nitrogens with one attached hydrogen (secondary N) is 1. The van der Waals surface area contributed by atoms with E-state index < -0.39 is 0 Å². The Hall–Kier alpha value is -2.54. The molecule has 1 amide bonds. The quantitative estimate of drug-likeness (QED) is 0.343. The summed E-state index contributed by atoms with van der Waals surface area (Å²) < 4.78 is 5.52. The standard InChI is InChI=1S/C22H31N5O2/c1-2-23-22(26-15-10-18(16-26)25-12-5-6-13-25)24-11-7-14-27-19-8-3-4-9-20(19)29-17-21(27)28/h3-6,8-9,18H,2,7,10-17H2,1H3,(H,23,24). The minimum absolute atomic E-state index is 0.0150. The predicted molar refractivity (Wildman–Crippen MR) is 116 cm³/mol. The zero-order valence-corrected chi connectivity index (χ0v) is 17.2. The maximum atomic E-state index is 12.3. The molecule has 0 bridgehead atoms. The van der Waals surface area contributed by atoms with E-state index in [1.165, 1.54) is 6.42 Å². The summed E-state index contributed by atoms with van der Waals surface area (Å²) in [6, 6.07) is 8.33. The van der Waals surface area contributed by atoms with E-state index >= 15 is 0 Å². The summed E-state index contributed by atoms with van der Waals surface area (Å²) in [5.74, 6) is 1.79. The van der Waals surface area contributed by atoms with E-state index in [1.807, 2.05) is 29.2 Å². The van der Waals surface area contributed by atoms with Crippen LogP contribution in [0, 0.1) is 0 Å². The number of para-hydroxylation sites is 2. The van der Waals surface area contributed by atoms with Crippen LogP contribution in [0.2, 0.25) is 0 Å². The molecule has 4 rings (SSSR count). The van der Waals surface area contributed by atoms with Gasteiger partial charge >= 0.3 is 0 Å². The lowest BCUT2D eigenvalue weighted by atomic mass is 10.2. The van der Waals surface area contributed by atoms with Gasteiger partial charge in [0.2, 0.25) is 0 Å². The van der Waals surface area contributed by atoms with Crippen LogP contribution in [-0.4, -0.2) is 80.1 Å². The second-order valence-corrected chi connectivity index (χ2v) is 7.70. The van der Waals surface area contributed by atoms with Crippen LogP contribution in [0.4, 0.5) is 5.69 Å². The molecule has 0 aromatic heterocycles. The van der Waals surface area contributed by atoms with Gasteiger partial charge in [-0.05, 0) is 31.9 Å². The number of carbonyl (C=O) groups is 1. The first-order chi connectivity index (χ1) is 14.3. The fraction of sp³-hybridized carbons (Fsp3) is 0.545. The summed E-state index contributed by atoms with van der Waals surface area (Å²) in [4.78, 5) is 23.9. The summed E-state index contributed by atoms with van der Waals surface area (Å²) in [6.07, 6.45) is 6.52. The number of ether oxygens (including phenoxy) is 1. The molecule has 7 heteroatoms. The first kappa shape index (κ1) is 19.8. The van der Waals surface area contributed by atoms with E-state index in [0.717, 1.165) is 56.5 Å². The molecule has 29 heavy (non-hydrogen) atoms. The van der Waals surface area contributed by atoms with E-state index in [-0.39, 0.29) is 12.5 Å². The Balaban J connectivity index is 1.32. The molecule has 0 saturated carbocycles.